The van der Waals surface area contributed by atoms with E-state index >= 15 is 0 Å². The highest BCUT2D eigenvalue weighted by Crippen LogP contribution is 2.34. The summed E-state index contributed by atoms with van der Waals surface area (Å²) in [6.45, 7) is 3.27. The molecule has 2 heterocycles. The third-order valence-electron chi connectivity index (χ3n) is 2.82. The Kier molecular flexibility index (Phi) is 5.28. The lowest BCUT2D eigenvalue weighted by molar-refractivity contribution is 0.498. The maximum Gasteiger partial charge on any atom is 0.193 e. The Morgan fingerprint density at radius 2 is 2.24 bits per heavy atom. The molecule has 0 bridgehead atoms. The molecule has 0 saturated carbocycles. The lowest BCUT2D eigenvalue weighted by atomic mass is 10.2. The number of piperidine rings is 1. The summed E-state index contributed by atoms with van der Waals surface area (Å²) < 4.78 is 24.9. The van der Waals surface area contributed by atoms with Gasteiger partial charge in [0.15, 0.2) is 9.84 Å². The Morgan fingerprint density at radius 3 is 2.71 bits per heavy atom. The number of rotatable bonds is 2. The number of nitrogens with one attached hydrogen (secondary N) is 1. The number of halogens is 2. The van der Waals surface area contributed by atoms with Crippen molar-refractivity contribution in [1.82, 2.24) is 5.32 Å². The Morgan fingerprint density at radius 1 is 1.53 bits per heavy atom. The van der Waals surface area contributed by atoms with Crippen LogP contribution in [0.4, 0.5) is 0 Å². The molecule has 1 saturated heterocycles. The van der Waals surface area contributed by atoms with Gasteiger partial charge in [-0.25, -0.2) is 8.42 Å². The van der Waals surface area contributed by atoms with Crippen molar-refractivity contribution in [1.29, 1.82) is 0 Å². The zero-order valence-corrected chi connectivity index (χ0v) is 12.6. The van der Waals surface area contributed by atoms with E-state index in [0.29, 0.717) is 15.8 Å². The van der Waals surface area contributed by atoms with E-state index in [2.05, 4.69) is 5.32 Å². The van der Waals surface area contributed by atoms with Crippen molar-refractivity contribution in [3.05, 3.63) is 16.0 Å². The Bertz CT molecular complexity index is 478. The Balaban J connectivity index is 0.00000144. The molecule has 2 rings (SSSR count). The second kappa shape index (κ2) is 5.89. The molecule has 1 aliphatic heterocycles. The first-order chi connectivity index (χ1) is 7.53. The van der Waals surface area contributed by atoms with Gasteiger partial charge < -0.3 is 5.32 Å². The van der Waals surface area contributed by atoms with Crippen molar-refractivity contribution in [2.45, 2.75) is 29.2 Å². The fraction of sp³-hybridized carbons (Fsp3) is 0.600. The SMILES string of the molecule is Cc1csc(S(=O)(=O)C2CCCNC2)c1Cl.Cl. The molecule has 1 aliphatic rings. The van der Waals surface area contributed by atoms with E-state index in [1.165, 1.54) is 11.3 Å². The van der Waals surface area contributed by atoms with E-state index in [9.17, 15) is 8.42 Å². The zero-order chi connectivity index (χ0) is 11.8. The predicted molar refractivity (Wildman–Crippen MR) is 74.4 cm³/mol. The fourth-order valence-corrected chi connectivity index (χ4v) is 5.69. The van der Waals surface area contributed by atoms with Crippen LogP contribution in [0.1, 0.15) is 18.4 Å². The van der Waals surface area contributed by atoms with Crippen LogP contribution >= 0.6 is 35.3 Å². The second-order valence-electron chi connectivity index (χ2n) is 4.03. The number of thiophene rings is 1. The topological polar surface area (TPSA) is 46.2 Å². The lowest BCUT2D eigenvalue weighted by Gasteiger charge is -2.22. The minimum Gasteiger partial charge on any atom is -0.315 e. The summed E-state index contributed by atoms with van der Waals surface area (Å²) >= 11 is 7.25. The molecular weight excluding hydrogens is 301 g/mol. The zero-order valence-electron chi connectivity index (χ0n) is 9.40. The standard InChI is InChI=1S/C10H14ClNO2S2.ClH/c1-7-6-15-10(9(7)11)16(13,14)8-3-2-4-12-5-8;/h6,8,12H,2-5H2,1H3;1H. The van der Waals surface area contributed by atoms with E-state index in [-0.39, 0.29) is 17.7 Å². The quantitative estimate of drug-likeness (QED) is 0.912. The highest BCUT2D eigenvalue weighted by Gasteiger charge is 2.32. The van der Waals surface area contributed by atoms with Gasteiger partial charge in [0.2, 0.25) is 0 Å². The van der Waals surface area contributed by atoms with Crippen molar-refractivity contribution >= 4 is 45.2 Å². The molecule has 1 unspecified atom stereocenters. The monoisotopic (exact) mass is 315 g/mol. The summed E-state index contributed by atoms with van der Waals surface area (Å²) in [7, 11) is -3.25. The molecule has 0 spiro atoms. The summed E-state index contributed by atoms with van der Waals surface area (Å²) in [6, 6.07) is 0. The molecule has 1 N–H and O–H groups in total. The molecule has 3 nitrogen and oxygen atoms in total. The maximum atomic E-state index is 12.3. The first-order valence-corrected chi connectivity index (χ1v) is 8.02. The van der Waals surface area contributed by atoms with Crippen molar-refractivity contribution in [2.75, 3.05) is 13.1 Å². The lowest BCUT2D eigenvalue weighted by Crippen LogP contribution is -2.38. The first-order valence-electron chi connectivity index (χ1n) is 5.21. The highest BCUT2D eigenvalue weighted by molar-refractivity contribution is 7.94. The number of hydrogen-bond donors (Lipinski definition) is 1. The first kappa shape index (κ1) is 15.2. The molecular formula is C10H15Cl2NO2S2. The largest absolute Gasteiger partial charge is 0.315 e. The third-order valence-corrected chi connectivity index (χ3v) is 7.40. The van der Waals surface area contributed by atoms with Gasteiger partial charge in [-0.05, 0) is 37.3 Å². The van der Waals surface area contributed by atoms with Gasteiger partial charge in [-0.1, -0.05) is 11.6 Å². The van der Waals surface area contributed by atoms with Gasteiger partial charge in [0.05, 0.1) is 10.3 Å². The van der Waals surface area contributed by atoms with Crippen LogP contribution in [-0.4, -0.2) is 26.8 Å². The molecule has 7 heteroatoms. The average Bonchev–Trinajstić information content (AvgIpc) is 2.61. The minimum atomic E-state index is -3.25. The van der Waals surface area contributed by atoms with Crippen molar-refractivity contribution < 1.29 is 8.42 Å². The van der Waals surface area contributed by atoms with Gasteiger partial charge in [-0.15, -0.1) is 23.7 Å². The van der Waals surface area contributed by atoms with Gasteiger partial charge in [0, 0.05) is 6.54 Å². The van der Waals surface area contributed by atoms with Crippen LogP contribution in [0.2, 0.25) is 5.02 Å². The third kappa shape index (κ3) is 2.96. The van der Waals surface area contributed by atoms with Gasteiger partial charge in [-0.3, -0.25) is 0 Å². The van der Waals surface area contributed by atoms with Crippen LogP contribution in [0.3, 0.4) is 0 Å². The molecule has 0 amide bonds. The average molecular weight is 316 g/mol. The van der Waals surface area contributed by atoms with Crippen LogP contribution in [0.5, 0.6) is 0 Å². The molecule has 0 aliphatic carbocycles. The fourth-order valence-electron chi connectivity index (χ4n) is 1.83. The van der Waals surface area contributed by atoms with Crippen LogP contribution in [0, 0.1) is 6.92 Å². The van der Waals surface area contributed by atoms with Crippen LogP contribution < -0.4 is 5.32 Å². The van der Waals surface area contributed by atoms with E-state index in [4.69, 9.17) is 11.6 Å². The smallest absolute Gasteiger partial charge is 0.193 e. The molecule has 98 valence electrons. The highest BCUT2D eigenvalue weighted by atomic mass is 35.5. The van der Waals surface area contributed by atoms with Crippen LogP contribution in [0.15, 0.2) is 9.59 Å². The second-order valence-corrected chi connectivity index (χ2v) is 7.71. The normalized spacial score (nSPS) is 20.9. The van der Waals surface area contributed by atoms with Gasteiger partial charge in [-0.2, -0.15) is 0 Å². The van der Waals surface area contributed by atoms with Crippen molar-refractivity contribution in [2.24, 2.45) is 0 Å². The molecule has 1 atom stereocenters. The summed E-state index contributed by atoms with van der Waals surface area (Å²) in [4.78, 5) is 0. The van der Waals surface area contributed by atoms with E-state index in [0.717, 1.165) is 24.9 Å². The molecule has 0 aromatic carbocycles. The molecule has 0 radical (unpaired) electrons. The molecule has 1 fully saturated rings. The van der Waals surface area contributed by atoms with Crippen molar-refractivity contribution in [3.8, 4) is 0 Å². The molecule has 1 aromatic heterocycles. The maximum absolute atomic E-state index is 12.3. The number of sulfone groups is 1. The van der Waals surface area contributed by atoms with Gasteiger partial charge in [0.25, 0.3) is 0 Å². The van der Waals surface area contributed by atoms with E-state index in [1.807, 2.05) is 6.92 Å². The van der Waals surface area contributed by atoms with Crippen LogP contribution in [0.25, 0.3) is 0 Å². The predicted octanol–water partition coefficient (Wildman–Crippen LogP) is 2.66. The number of hydrogen-bond acceptors (Lipinski definition) is 4. The van der Waals surface area contributed by atoms with E-state index in [1.54, 1.807) is 5.38 Å². The summed E-state index contributed by atoms with van der Waals surface area (Å²) in [5.74, 6) is 0. The molecule has 1 aromatic rings. The summed E-state index contributed by atoms with van der Waals surface area (Å²) in [6.07, 6.45) is 1.63. The van der Waals surface area contributed by atoms with Gasteiger partial charge >= 0.3 is 0 Å². The summed E-state index contributed by atoms with van der Waals surface area (Å²) in [5, 5.41) is 4.99. The van der Waals surface area contributed by atoms with Crippen LogP contribution in [-0.2, 0) is 9.84 Å². The number of aryl methyl sites for hydroxylation is 1. The van der Waals surface area contributed by atoms with E-state index < -0.39 is 9.84 Å². The Hall–Kier alpha value is 0.190. The Labute approximate surface area is 117 Å². The van der Waals surface area contributed by atoms with Crippen molar-refractivity contribution in [3.63, 3.8) is 0 Å². The van der Waals surface area contributed by atoms with Gasteiger partial charge in [0.1, 0.15) is 4.21 Å². The molecule has 17 heavy (non-hydrogen) atoms. The minimum absolute atomic E-state index is 0. The summed E-state index contributed by atoms with van der Waals surface area (Å²) in [5.41, 5.74) is 0.842.